The Morgan fingerprint density at radius 2 is 1.59 bits per heavy atom. The van der Waals surface area contributed by atoms with Crippen molar-refractivity contribution in [1.82, 2.24) is 24.6 Å². The van der Waals surface area contributed by atoms with Gasteiger partial charge in [-0.3, -0.25) is 9.69 Å². The van der Waals surface area contributed by atoms with E-state index >= 15 is 0 Å². The Labute approximate surface area is 182 Å². The molecule has 1 aromatic heterocycles. The molecule has 0 bridgehead atoms. The number of piperazine rings is 1. The normalized spacial score (nSPS) is 15.2. The lowest BCUT2D eigenvalue weighted by molar-refractivity contribution is -0.137. The van der Waals surface area contributed by atoms with E-state index in [0.717, 1.165) is 17.7 Å². The van der Waals surface area contributed by atoms with Crippen LogP contribution in [0.1, 0.15) is 27.6 Å². The van der Waals surface area contributed by atoms with Crippen LogP contribution in [0.5, 0.6) is 0 Å². The van der Waals surface area contributed by atoms with E-state index < -0.39 is 11.7 Å². The van der Waals surface area contributed by atoms with E-state index in [0.29, 0.717) is 44.2 Å². The van der Waals surface area contributed by atoms with Gasteiger partial charge in [-0.1, -0.05) is 12.1 Å². The number of nitrogens with zero attached hydrogens (tertiary/aromatic N) is 5. The summed E-state index contributed by atoms with van der Waals surface area (Å²) in [6, 6.07) is 10.9. The zero-order chi connectivity index (χ0) is 22.9. The van der Waals surface area contributed by atoms with Crippen molar-refractivity contribution in [1.29, 1.82) is 0 Å². The zero-order valence-corrected chi connectivity index (χ0v) is 17.3. The van der Waals surface area contributed by atoms with E-state index in [1.165, 1.54) is 28.9 Å². The summed E-state index contributed by atoms with van der Waals surface area (Å²) in [5.41, 5.74) is 0.726. The molecule has 1 amide bonds. The fourth-order valence-corrected chi connectivity index (χ4v) is 3.62. The first-order valence-electron chi connectivity index (χ1n) is 10.1. The summed E-state index contributed by atoms with van der Waals surface area (Å²) < 4.78 is 52.8. The number of aromatic nitrogens is 3. The van der Waals surface area contributed by atoms with E-state index in [1.807, 2.05) is 0 Å². The predicted octanol–water partition coefficient (Wildman–Crippen LogP) is 3.69. The molecule has 0 N–H and O–H groups in total. The maximum absolute atomic E-state index is 13.2. The highest BCUT2D eigenvalue weighted by Crippen LogP contribution is 2.29. The molecule has 0 atom stereocenters. The van der Waals surface area contributed by atoms with Crippen molar-refractivity contribution in [2.75, 3.05) is 26.2 Å². The third-order valence-corrected chi connectivity index (χ3v) is 5.38. The maximum Gasteiger partial charge on any atom is 0.416 e. The van der Waals surface area contributed by atoms with Gasteiger partial charge in [-0.2, -0.15) is 13.2 Å². The average molecular weight is 447 g/mol. The summed E-state index contributed by atoms with van der Waals surface area (Å²) >= 11 is 0. The number of hydrogen-bond acceptors (Lipinski definition) is 4. The first kappa shape index (κ1) is 21.9. The van der Waals surface area contributed by atoms with Crippen molar-refractivity contribution in [3.63, 3.8) is 0 Å². The highest BCUT2D eigenvalue weighted by atomic mass is 19.4. The van der Waals surface area contributed by atoms with Gasteiger partial charge in [0.1, 0.15) is 11.6 Å². The molecule has 2 aromatic carbocycles. The highest BCUT2D eigenvalue weighted by Gasteiger charge is 2.30. The Morgan fingerprint density at radius 3 is 2.19 bits per heavy atom. The van der Waals surface area contributed by atoms with Gasteiger partial charge >= 0.3 is 6.18 Å². The minimum atomic E-state index is -4.35. The number of benzene rings is 2. The average Bonchev–Trinajstić information content (AvgIpc) is 3.16. The molecule has 0 saturated carbocycles. The standard InChI is InChI=1S/C22H21F4N5O/c1-15-27-20(28-31(15)19-8-6-18(23)7-9-19)21(32)30-12-10-29(11-13-30)14-16-2-4-17(5-3-16)22(24,25)26/h2-9H,10-14H2,1H3. The van der Waals surface area contributed by atoms with Gasteiger partial charge < -0.3 is 4.90 Å². The Balaban J connectivity index is 1.36. The fourth-order valence-electron chi connectivity index (χ4n) is 3.62. The van der Waals surface area contributed by atoms with Crippen LogP contribution in [0.3, 0.4) is 0 Å². The number of halogens is 4. The molecule has 1 fully saturated rings. The Bertz CT molecular complexity index is 1090. The van der Waals surface area contributed by atoms with Crippen LogP contribution in [-0.4, -0.2) is 56.7 Å². The fraction of sp³-hybridized carbons (Fsp3) is 0.318. The SMILES string of the molecule is Cc1nc(C(=O)N2CCN(Cc3ccc(C(F)(F)F)cc3)CC2)nn1-c1ccc(F)cc1. The lowest BCUT2D eigenvalue weighted by atomic mass is 10.1. The van der Waals surface area contributed by atoms with Crippen LogP contribution in [0.2, 0.25) is 0 Å². The first-order chi connectivity index (χ1) is 15.2. The van der Waals surface area contributed by atoms with Crippen molar-refractivity contribution in [2.45, 2.75) is 19.6 Å². The summed E-state index contributed by atoms with van der Waals surface area (Å²) in [7, 11) is 0. The number of alkyl halides is 3. The number of carbonyl (C=O) groups excluding carboxylic acids is 1. The van der Waals surface area contributed by atoms with Crippen molar-refractivity contribution in [2.24, 2.45) is 0 Å². The van der Waals surface area contributed by atoms with E-state index in [-0.39, 0.29) is 17.5 Å². The van der Waals surface area contributed by atoms with Gasteiger partial charge in [-0.25, -0.2) is 14.1 Å². The number of carbonyl (C=O) groups is 1. The predicted molar refractivity (Wildman–Crippen MR) is 109 cm³/mol. The van der Waals surface area contributed by atoms with E-state index in [4.69, 9.17) is 0 Å². The van der Waals surface area contributed by atoms with Gasteiger partial charge in [0.05, 0.1) is 11.3 Å². The van der Waals surface area contributed by atoms with Crippen molar-refractivity contribution in [3.8, 4) is 5.69 Å². The van der Waals surface area contributed by atoms with Crippen molar-refractivity contribution < 1.29 is 22.4 Å². The molecule has 6 nitrogen and oxygen atoms in total. The molecule has 1 aliphatic heterocycles. The molecular formula is C22H21F4N5O. The minimum Gasteiger partial charge on any atom is -0.333 e. The summed E-state index contributed by atoms with van der Waals surface area (Å²) in [4.78, 5) is 20.9. The van der Waals surface area contributed by atoms with E-state index in [2.05, 4.69) is 15.0 Å². The molecule has 0 unspecified atom stereocenters. The second-order valence-electron chi connectivity index (χ2n) is 7.63. The molecular weight excluding hydrogens is 426 g/mol. The molecule has 0 aliphatic carbocycles. The van der Waals surface area contributed by atoms with Gasteiger partial charge in [0, 0.05) is 32.7 Å². The molecule has 10 heteroatoms. The van der Waals surface area contributed by atoms with E-state index in [1.54, 1.807) is 24.0 Å². The smallest absolute Gasteiger partial charge is 0.333 e. The van der Waals surface area contributed by atoms with Crippen molar-refractivity contribution in [3.05, 3.63) is 77.1 Å². The molecule has 4 rings (SSSR count). The van der Waals surface area contributed by atoms with Crippen molar-refractivity contribution >= 4 is 5.91 Å². The number of amides is 1. The maximum atomic E-state index is 13.2. The van der Waals surface area contributed by atoms with Gasteiger partial charge in [-0.15, -0.1) is 5.10 Å². The van der Waals surface area contributed by atoms with Crippen LogP contribution in [0, 0.1) is 12.7 Å². The first-order valence-corrected chi connectivity index (χ1v) is 10.1. The van der Waals surface area contributed by atoms with E-state index in [9.17, 15) is 22.4 Å². The minimum absolute atomic E-state index is 0.0722. The summed E-state index contributed by atoms with van der Waals surface area (Å²) in [6.07, 6.45) is -4.35. The molecule has 1 saturated heterocycles. The van der Waals surface area contributed by atoms with Gasteiger partial charge in [0.2, 0.25) is 5.82 Å². The van der Waals surface area contributed by atoms with Gasteiger partial charge in [0.25, 0.3) is 5.91 Å². The second kappa shape index (κ2) is 8.70. The molecule has 1 aliphatic rings. The molecule has 3 aromatic rings. The molecule has 0 spiro atoms. The number of hydrogen-bond donors (Lipinski definition) is 0. The Kier molecular flexibility index (Phi) is 5.96. The third kappa shape index (κ3) is 4.80. The van der Waals surface area contributed by atoms with Crippen LogP contribution in [0.25, 0.3) is 5.69 Å². The Hall–Kier alpha value is -3.27. The molecule has 168 valence electrons. The largest absolute Gasteiger partial charge is 0.416 e. The topological polar surface area (TPSA) is 54.3 Å². The second-order valence-corrected chi connectivity index (χ2v) is 7.63. The lowest BCUT2D eigenvalue weighted by Gasteiger charge is -2.34. The van der Waals surface area contributed by atoms with Crippen LogP contribution in [0.4, 0.5) is 17.6 Å². The summed E-state index contributed by atoms with van der Waals surface area (Å²) in [5, 5.41) is 4.29. The summed E-state index contributed by atoms with van der Waals surface area (Å²) in [5.74, 6) is -0.0657. The van der Waals surface area contributed by atoms with Gasteiger partial charge in [-0.05, 0) is 48.9 Å². The van der Waals surface area contributed by atoms with Crippen LogP contribution in [-0.2, 0) is 12.7 Å². The van der Waals surface area contributed by atoms with Crippen LogP contribution < -0.4 is 0 Å². The Morgan fingerprint density at radius 1 is 0.969 bits per heavy atom. The quantitative estimate of drug-likeness (QED) is 0.573. The van der Waals surface area contributed by atoms with Gasteiger partial charge in [0.15, 0.2) is 0 Å². The monoisotopic (exact) mass is 447 g/mol. The summed E-state index contributed by atoms with van der Waals surface area (Å²) in [6.45, 7) is 4.33. The zero-order valence-electron chi connectivity index (χ0n) is 17.3. The lowest BCUT2D eigenvalue weighted by Crippen LogP contribution is -2.48. The number of rotatable bonds is 4. The molecule has 2 heterocycles. The van der Waals surface area contributed by atoms with Crippen LogP contribution in [0.15, 0.2) is 48.5 Å². The highest BCUT2D eigenvalue weighted by molar-refractivity contribution is 5.90. The van der Waals surface area contributed by atoms with Crippen LogP contribution >= 0.6 is 0 Å². The molecule has 32 heavy (non-hydrogen) atoms. The molecule has 0 radical (unpaired) electrons. The number of aryl methyl sites for hydroxylation is 1. The third-order valence-electron chi connectivity index (χ3n) is 5.38.